The van der Waals surface area contributed by atoms with Crippen molar-refractivity contribution in [2.45, 2.75) is 25.8 Å². The van der Waals surface area contributed by atoms with Crippen LogP contribution in [0.1, 0.15) is 19.8 Å². The van der Waals surface area contributed by atoms with E-state index in [0.717, 1.165) is 4.90 Å². The van der Waals surface area contributed by atoms with Crippen LogP contribution in [0.25, 0.3) is 0 Å². The molecule has 2 aliphatic heterocycles. The summed E-state index contributed by atoms with van der Waals surface area (Å²) in [6, 6.07) is 4.19. The number of carbonyl (C=O) groups is 3. The van der Waals surface area contributed by atoms with E-state index < -0.39 is 11.9 Å². The Hall–Kier alpha value is -2.83. The number of amides is 3. The quantitative estimate of drug-likeness (QED) is 0.667. The van der Waals surface area contributed by atoms with Gasteiger partial charge in [-0.2, -0.15) is 0 Å². The van der Waals surface area contributed by atoms with Crippen molar-refractivity contribution in [1.29, 1.82) is 0 Å². The van der Waals surface area contributed by atoms with Crippen molar-refractivity contribution in [3.05, 3.63) is 30.4 Å². The van der Waals surface area contributed by atoms with Crippen molar-refractivity contribution >= 4 is 23.4 Å². The number of allylic oxidation sites excluding steroid dienone is 2. The first kappa shape index (κ1) is 15.7. The van der Waals surface area contributed by atoms with Gasteiger partial charge in [-0.1, -0.05) is 12.2 Å². The van der Waals surface area contributed by atoms with Crippen molar-refractivity contribution in [1.82, 2.24) is 4.90 Å². The predicted molar refractivity (Wildman–Crippen MR) is 87.9 cm³/mol. The van der Waals surface area contributed by atoms with E-state index in [1.54, 1.807) is 25.1 Å². The van der Waals surface area contributed by atoms with Crippen LogP contribution in [-0.2, 0) is 14.4 Å². The fraction of sp³-hybridized carbons (Fsp3) is 0.389. The monoisotopic (exact) mass is 342 g/mol. The first-order valence-corrected chi connectivity index (χ1v) is 8.28. The number of hydrogen-bond donors (Lipinski definition) is 1. The number of fused-ring (bicyclic) bond motifs is 2. The van der Waals surface area contributed by atoms with Gasteiger partial charge in [0.1, 0.15) is 6.04 Å². The van der Waals surface area contributed by atoms with Gasteiger partial charge in [0.15, 0.2) is 11.5 Å². The number of rotatable bonds is 3. The topological polar surface area (TPSA) is 84.9 Å². The standard InChI is InChI=1S/C18H18N2O5/c1-10(20-17(22)12-4-2-3-5-13(12)18(20)23)16(21)19-11-6-7-14-15(8-11)25-9-24-14/h2-3,6-8,10,12-13H,4-5,9H2,1H3,(H,19,21). The highest BCUT2D eigenvalue weighted by molar-refractivity contribution is 6.10. The van der Waals surface area contributed by atoms with Crippen LogP contribution in [-0.4, -0.2) is 35.5 Å². The number of benzene rings is 1. The molecule has 3 unspecified atom stereocenters. The Balaban J connectivity index is 1.49. The average molecular weight is 342 g/mol. The van der Waals surface area contributed by atoms with Gasteiger partial charge in [0, 0.05) is 11.8 Å². The lowest BCUT2D eigenvalue weighted by Gasteiger charge is -2.22. The molecule has 0 spiro atoms. The summed E-state index contributed by atoms with van der Waals surface area (Å²) in [7, 11) is 0. The second-order valence-electron chi connectivity index (χ2n) is 6.44. The maximum atomic E-state index is 12.6. The molecule has 0 aromatic heterocycles. The molecule has 4 rings (SSSR count). The number of nitrogens with zero attached hydrogens (tertiary/aromatic N) is 1. The van der Waals surface area contributed by atoms with Gasteiger partial charge in [0.25, 0.3) is 0 Å². The van der Waals surface area contributed by atoms with Crippen molar-refractivity contribution < 1.29 is 23.9 Å². The van der Waals surface area contributed by atoms with Crippen LogP contribution in [0.15, 0.2) is 30.4 Å². The van der Waals surface area contributed by atoms with Gasteiger partial charge in [-0.3, -0.25) is 19.3 Å². The van der Waals surface area contributed by atoms with Crippen LogP contribution in [0.3, 0.4) is 0 Å². The molecule has 0 radical (unpaired) electrons. The molecular weight excluding hydrogens is 324 g/mol. The van der Waals surface area contributed by atoms with E-state index in [4.69, 9.17) is 9.47 Å². The highest BCUT2D eigenvalue weighted by atomic mass is 16.7. The molecule has 1 N–H and O–H groups in total. The van der Waals surface area contributed by atoms with Crippen molar-refractivity contribution in [2.75, 3.05) is 12.1 Å². The number of anilines is 1. The van der Waals surface area contributed by atoms with E-state index in [1.165, 1.54) is 0 Å². The molecule has 7 nitrogen and oxygen atoms in total. The lowest BCUT2D eigenvalue weighted by Crippen LogP contribution is -2.46. The lowest BCUT2D eigenvalue weighted by atomic mass is 9.85. The third-order valence-corrected chi connectivity index (χ3v) is 4.95. The molecule has 1 aromatic rings. The molecule has 7 heteroatoms. The third kappa shape index (κ3) is 2.56. The SMILES string of the molecule is CC(C(=O)Nc1ccc2c(c1)OCO2)N1C(=O)C2CC=CCC2C1=O. The summed E-state index contributed by atoms with van der Waals surface area (Å²) in [6.07, 6.45) is 4.96. The van der Waals surface area contributed by atoms with Crippen molar-refractivity contribution in [2.24, 2.45) is 11.8 Å². The zero-order valence-corrected chi connectivity index (χ0v) is 13.7. The number of carbonyl (C=O) groups excluding carboxylic acids is 3. The zero-order valence-electron chi connectivity index (χ0n) is 13.7. The van der Waals surface area contributed by atoms with Crippen LogP contribution < -0.4 is 14.8 Å². The fourth-order valence-electron chi connectivity index (χ4n) is 3.55. The highest BCUT2D eigenvalue weighted by Gasteiger charge is 2.50. The van der Waals surface area contributed by atoms with Gasteiger partial charge in [0.05, 0.1) is 11.8 Å². The number of likely N-dealkylation sites (tertiary alicyclic amines) is 1. The van der Waals surface area contributed by atoms with Crippen molar-refractivity contribution in [3.63, 3.8) is 0 Å². The van der Waals surface area contributed by atoms with E-state index in [1.807, 2.05) is 12.2 Å². The minimum Gasteiger partial charge on any atom is -0.454 e. The molecular formula is C18H18N2O5. The van der Waals surface area contributed by atoms with Crippen LogP contribution in [0.2, 0.25) is 0 Å². The largest absolute Gasteiger partial charge is 0.454 e. The first-order chi connectivity index (χ1) is 12.1. The molecule has 1 aliphatic carbocycles. The molecule has 1 saturated heterocycles. The van der Waals surface area contributed by atoms with E-state index in [2.05, 4.69) is 5.32 Å². The Morgan fingerprint density at radius 1 is 1.12 bits per heavy atom. The Labute approximate surface area is 144 Å². The van der Waals surface area contributed by atoms with Gasteiger partial charge in [-0.05, 0) is 31.9 Å². The van der Waals surface area contributed by atoms with E-state index in [9.17, 15) is 14.4 Å². The Kier molecular flexibility index (Phi) is 3.71. The van der Waals surface area contributed by atoms with Crippen LogP contribution >= 0.6 is 0 Å². The molecule has 3 atom stereocenters. The van der Waals surface area contributed by atoms with Gasteiger partial charge in [-0.15, -0.1) is 0 Å². The molecule has 25 heavy (non-hydrogen) atoms. The summed E-state index contributed by atoms with van der Waals surface area (Å²) in [6.45, 7) is 1.72. The summed E-state index contributed by atoms with van der Waals surface area (Å²) in [4.78, 5) is 38.8. The normalized spacial score (nSPS) is 25.1. The van der Waals surface area contributed by atoms with Crippen LogP contribution in [0.4, 0.5) is 5.69 Å². The average Bonchev–Trinajstić information content (AvgIpc) is 3.18. The van der Waals surface area contributed by atoms with Gasteiger partial charge >= 0.3 is 0 Å². The number of hydrogen-bond acceptors (Lipinski definition) is 5. The smallest absolute Gasteiger partial charge is 0.247 e. The maximum absolute atomic E-state index is 12.6. The summed E-state index contributed by atoms with van der Waals surface area (Å²) >= 11 is 0. The molecule has 0 saturated carbocycles. The molecule has 2 heterocycles. The van der Waals surface area contributed by atoms with Crippen LogP contribution in [0, 0.1) is 11.8 Å². The Morgan fingerprint density at radius 3 is 2.44 bits per heavy atom. The maximum Gasteiger partial charge on any atom is 0.247 e. The summed E-state index contributed by atoms with van der Waals surface area (Å²) < 4.78 is 10.5. The van der Waals surface area contributed by atoms with Crippen molar-refractivity contribution in [3.8, 4) is 11.5 Å². The lowest BCUT2D eigenvalue weighted by molar-refractivity contribution is -0.146. The van der Waals surface area contributed by atoms with E-state index in [0.29, 0.717) is 30.0 Å². The van der Waals surface area contributed by atoms with Gasteiger partial charge in [0.2, 0.25) is 24.5 Å². The molecule has 0 bridgehead atoms. The molecule has 130 valence electrons. The van der Waals surface area contributed by atoms with Crippen LogP contribution in [0.5, 0.6) is 11.5 Å². The number of ether oxygens (including phenoxy) is 2. The molecule has 1 fully saturated rings. The summed E-state index contributed by atoms with van der Waals surface area (Å²) in [5.74, 6) is -0.424. The van der Waals surface area contributed by atoms with E-state index >= 15 is 0 Å². The predicted octanol–water partition coefficient (Wildman–Crippen LogP) is 1.69. The zero-order chi connectivity index (χ0) is 17.6. The molecule has 3 amide bonds. The number of nitrogens with one attached hydrogen (secondary N) is 1. The Bertz CT molecular complexity index is 762. The molecule has 3 aliphatic rings. The minimum atomic E-state index is -0.865. The minimum absolute atomic E-state index is 0.150. The molecule has 1 aromatic carbocycles. The summed E-state index contributed by atoms with van der Waals surface area (Å²) in [5.41, 5.74) is 0.527. The first-order valence-electron chi connectivity index (χ1n) is 8.28. The highest BCUT2D eigenvalue weighted by Crippen LogP contribution is 2.37. The second-order valence-corrected chi connectivity index (χ2v) is 6.44. The van der Waals surface area contributed by atoms with E-state index in [-0.39, 0.29) is 30.4 Å². The summed E-state index contributed by atoms with van der Waals surface area (Å²) in [5, 5.41) is 2.73. The van der Waals surface area contributed by atoms with Gasteiger partial charge in [-0.25, -0.2) is 0 Å². The second kappa shape index (κ2) is 5.91. The number of imide groups is 1. The Morgan fingerprint density at radius 2 is 1.76 bits per heavy atom. The fourth-order valence-corrected chi connectivity index (χ4v) is 3.55. The van der Waals surface area contributed by atoms with Gasteiger partial charge < -0.3 is 14.8 Å². The third-order valence-electron chi connectivity index (χ3n) is 4.95.